The average Bonchev–Trinajstić information content (AvgIpc) is 2.50. The summed E-state index contributed by atoms with van der Waals surface area (Å²) in [4.78, 5) is 2.57. The summed E-state index contributed by atoms with van der Waals surface area (Å²) in [7, 11) is 2.05. The van der Waals surface area contributed by atoms with Gasteiger partial charge in [0.2, 0.25) is 0 Å². The number of nitrogens with zero attached hydrogens (tertiary/aromatic N) is 1. The van der Waals surface area contributed by atoms with Crippen molar-refractivity contribution in [3.05, 3.63) is 34.3 Å². The molecule has 1 aromatic carbocycles. The standard InChI is InChI=1S/C17H27BrN2O/c1-3-21-16-7-10-20(11-8-16)12-9-17(19-2)14-5-4-6-15(18)13-14/h4-6,13,16-17,19H,3,7-12H2,1-2H3. The average molecular weight is 355 g/mol. The maximum absolute atomic E-state index is 5.72. The molecule has 0 aliphatic carbocycles. The quantitative estimate of drug-likeness (QED) is 0.809. The lowest BCUT2D eigenvalue weighted by Crippen LogP contribution is -2.38. The van der Waals surface area contributed by atoms with Crippen molar-refractivity contribution in [3.63, 3.8) is 0 Å². The van der Waals surface area contributed by atoms with E-state index in [4.69, 9.17) is 4.74 Å². The predicted octanol–water partition coefficient (Wildman–Crippen LogP) is 3.60. The van der Waals surface area contributed by atoms with Gasteiger partial charge in [0.1, 0.15) is 0 Å². The van der Waals surface area contributed by atoms with Gasteiger partial charge in [0, 0.05) is 30.2 Å². The third-order valence-corrected chi connectivity index (χ3v) is 4.76. The van der Waals surface area contributed by atoms with Crippen molar-refractivity contribution in [2.45, 2.75) is 38.3 Å². The van der Waals surface area contributed by atoms with Crippen LogP contribution in [0.2, 0.25) is 0 Å². The first kappa shape index (κ1) is 16.9. The van der Waals surface area contributed by atoms with Crippen molar-refractivity contribution in [1.29, 1.82) is 0 Å². The van der Waals surface area contributed by atoms with Crippen molar-refractivity contribution in [2.75, 3.05) is 33.3 Å². The van der Waals surface area contributed by atoms with Crippen LogP contribution in [0.5, 0.6) is 0 Å². The number of nitrogens with one attached hydrogen (secondary N) is 1. The molecule has 1 atom stereocenters. The van der Waals surface area contributed by atoms with Crippen molar-refractivity contribution >= 4 is 15.9 Å². The molecule has 1 heterocycles. The fourth-order valence-corrected chi connectivity index (χ4v) is 3.46. The van der Waals surface area contributed by atoms with Crippen LogP contribution in [0.25, 0.3) is 0 Å². The summed E-state index contributed by atoms with van der Waals surface area (Å²) in [6, 6.07) is 9.02. The van der Waals surface area contributed by atoms with E-state index in [2.05, 4.69) is 57.3 Å². The van der Waals surface area contributed by atoms with E-state index in [9.17, 15) is 0 Å². The minimum absolute atomic E-state index is 0.423. The van der Waals surface area contributed by atoms with E-state index in [1.165, 1.54) is 31.5 Å². The smallest absolute Gasteiger partial charge is 0.0599 e. The van der Waals surface area contributed by atoms with Gasteiger partial charge in [0.25, 0.3) is 0 Å². The zero-order chi connectivity index (χ0) is 15.1. The van der Waals surface area contributed by atoms with Gasteiger partial charge in [-0.25, -0.2) is 0 Å². The first-order valence-corrected chi connectivity index (χ1v) is 8.79. The first-order chi connectivity index (χ1) is 10.2. The highest BCUT2D eigenvalue weighted by atomic mass is 79.9. The number of hydrogen-bond donors (Lipinski definition) is 1. The van der Waals surface area contributed by atoms with Gasteiger partial charge >= 0.3 is 0 Å². The molecule has 3 nitrogen and oxygen atoms in total. The van der Waals surface area contributed by atoms with Crippen LogP contribution in [0.3, 0.4) is 0 Å². The molecule has 1 saturated heterocycles. The van der Waals surface area contributed by atoms with E-state index in [1.54, 1.807) is 0 Å². The highest BCUT2D eigenvalue weighted by Crippen LogP contribution is 2.22. The molecule has 0 bridgehead atoms. The van der Waals surface area contributed by atoms with Crippen molar-refractivity contribution in [3.8, 4) is 0 Å². The van der Waals surface area contributed by atoms with Gasteiger partial charge in [-0.3, -0.25) is 0 Å². The van der Waals surface area contributed by atoms with E-state index in [-0.39, 0.29) is 0 Å². The van der Waals surface area contributed by atoms with Crippen molar-refractivity contribution < 1.29 is 4.74 Å². The van der Waals surface area contributed by atoms with Crippen molar-refractivity contribution in [2.24, 2.45) is 0 Å². The summed E-state index contributed by atoms with van der Waals surface area (Å²) in [5.41, 5.74) is 1.36. The van der Waals surface area contributed by atoms with Gasteiger partial charge in [-0.1, -0.05) is 28.1 Å². The maximum Gasteiger partial charge on any atom is 0.0599 e. The largest absolute Gasteiger partial charge is 0.378 e. The van der Waals surface area contributed by atoms with Gasteiger partial charge < -0.3 is 15.0 Å². The third kappa shape index (κ3) is 5.37. The molecule has 1 fully saturated rings. The number of halogens is 1. The molecule has 0 amide bonds. The van der Waals surface area contributed by atoms with Crippen LogP contribution in [-0.4, -0.2) is 44.3 Å². The Morgan fingerprint density at radius 2 is 2.14 bits per heavy atom. The van der Waals surface area contributed by atoms with Gasteiger partial charge in [0.15, 0.2) is 0 Å². The van der Waals surface area contributed by atoms with E-state index in [0.717, 1.165) is 24.0 Å². The van der Waals surface area contributed by atoms with Gasteiger partial charge in [-0.2, -0.15) is 0 Å². The molecular weight excluding hydrogens is 328 g/mol. The van der Waals surface area contributed by atoms with Crippen LogP contribution in [-0.2, 0) is 4.74 Å². The fraction of sp³-hybridized carbons (Fsp3) is 0.647. The summed E-state index contributed by atoms with van der Waals surface area (Å²) in [5, 5.41) is 3.44. The highest BCUT2D eigenvalue weighted by molar-refractivity contribution is 9.10. The van der Waals surface area contributed by atoms with Crippen LogP contribution < -0.4 is 5.32 Å². The Kier molecular flexibility index (Phi) is 7.17. The molecule has 1 aliphatic rings. The molecule has 4 heteroatoms. The lowest BCUT2D eigenvalue weighted by Gasteiger charge is -2.32. The molecule has 0 aromatic heterocycles. The zero-order valence-corrected chi connectivity index (χ0v) is 14.7. The Hall–Kier alpha value is -0.420. The minimum Gasteiger partial charge on any atom is -0.378 e. The molecule has 21 heavy (non-hydrogen) atoms. The van der Waals surface area contributed by atoms with Crippen LogP contribution in [0.4, 0.5) is 0 Å². The van der Waals surface area contributed by atoms with Crippen LogP contribution in [0.15, 0.2) is 28.7 Å². The Bertz CT molecular complexity index is 419. The molecule has 118 valence electrons. The Balaban J connectivity index is 1.79. The molecule has 1 N–H and O–H groups in total. The topological polar surface area (TPSA) is 24.5 Å². The summed E-state index contributed by atoms with van der Waals surface area (Å²) in [6.45, 7) is 6.41. The summed E-state index contributed by atoms with van der Waals surface area (Å²) in [5.74, 6) is 0. The SMILES string of the molecule is CCOC1CCN(CCC(NC)c2cccc(Br)c2)CC1. The molecule has 0 spiro atoms. The number of ether oxygens (including phenoxy) is 1. The lowest BCUT2D eigenvalue weighted by atomic mass is 10.0. The second kappa shape index (κ2) is 8.89. The van der Waals surface area contributed by atoms with Crippen LogP contribution >= 0.6 is 15.9 Å². The van der Waals surface area contributed by atoms with E-state index in [0.29, 0.717) is 12.1 Å². The van der Waals surface area contributed by atoms with Crippen molar-refractivity contribution in [1.82, 2.24) is 10.2 Å². The Labute approximate surface area is 137 Å². The van der Waals surface area contributed by atoms with Crippen LogP contribution in [0, 0.1) is 0 Å². The third-order valence-electron chi connectivity index (χ3n) is 4.27. The highest BCUT2D eigenvalue weighted by Gasteiger charge is 2.20. The maximum atomic E-state index is 5.72. The lowest BCUT2D eigenvalue weighted by molar-refractivity contribution is 0.0136. The number of rotatable bonds is 7. The molecule has 0 radical (unpaired) electrons. The molecule has 1 aliphatic heterocycles. The molecular formula is C17H27BrN2O. The number of benzene rings is 1. The second-order valence-electron chi connectivity index (χ2n) is 5.68. The Morgan fingerprint density at radius 3 is 2.76 bits per heavy atom. The number of piperidine rings is 1. The van der Waals surface area contributed by atoms with E-state index >= 15 is 0 Å². The molecule has 1 unspecified atom stereocenters. The van der Waals surface area contributed by atoms with E-state index in [1.807, 2.05) is 7.05 Å². The Morgan fingerprint density at radius 1 is 1.38 bits per heavy atom. The molecule has 1 aromatic rings. The summed E-state index contributed by atoms with van der Waals surface area (Å²) >= 11 is 3.56. The minimum atomic E-state index is 0.423. The first-order valence-electron chi connectivity index (χ1n) is 7.99. The van der Waals surface area contributed by atoms with Gasteiger partial charge in [-0.05, 0) is 57.5 Å². The molecule has 0 saturated carbocycles. The van der Waals surface area contributed by atoms with Crippen LogP contribution in [0.1, 0.15) is 37.8 Å². The second-order valence-corrected chi connectivity index (χ2v) is 6.60. The number of likely N-dealkylation sites (tertiary alicyclic amines) is 1. The summed E-state index contributed by atoms with van der Waals surface area (Å²) in [6.07, 6.45) is 3.98. The van der Waals surface area contributed by atoms with Gasteiger partial charge in [-0.15, -0.1) is 0 Å². The summed E-state index contributed by atoms with van der Waals surface area (Å²) < 4.78 is 6.87. The monoisotopic (exact) mass is 354 g/mol. The predicted molar refractivity (Wildman–Crippen MR) is 91.6 cm³/mol. The van der Waals surface area contributed by atoms with Gasteiger partial charge in [0.05, 0.1) is 6.10 Å². The number of hydrogen-bond acceptors (Lipinski definition) is 3. The fourth-order valence-electron chi connectivity index (χ4n) is 3.05. The normalized spacial score (nSPS) is 18.8. The molecule has 2 rings (SSSR count). The zero-order valence-electron chi connectivity index (χ0n) is 13.1. The van der Waals surface area contributed by atoms with E-state index < -0.39 is 0 Å².